The number of hydrogen-bond donors (Lipinski definition) is 1. The Hall–Kier alpha value is -4.45. The maximum atomic E-state index is 13.0. The minimum Gasteiger partial charge on any atom is -0.436 e. The molecule has 2 heterocycles. The number of amides is 1. The Bertz CT molecular complexity index is 1340. The summed E-state index contributed by atoms with van der Waals surface area (Å²) in [5, 5.41) is 3.01. The average molecular weight is 434 g/mol. The zero-order valence-electron chi connectivity index (χ0n) is 17.9. The van der Waals surface area contributed by atoms with Gasteiger partial charge < -0.3 is 14.3 Å². The van der Waals surface area contributed by atoms with Gasteiger partial charge in [-0.3, -0.25) is 4.79 Å². The zero-order chi connectivity index (χ0) is 22.5. The highest BCUT2D eigenvalue weighted by Crippen LogP contribution is 2.28. The van der Waals surface area contributed by atoms with Gasteiger partial charge >= 0.3 is 0 Å². The van der Waals surface area contributed by atoms with Crippen LogP contribution in [0, 0.1) is 0 Å². The molecule has 1 N–H and O–H groups in total. The van der Waals surface area contributed by atoms with Gasteiger partial charge in [-0.15, -0.1) is 0 Å². The molecule has 0 saturated heterocycles. The maximum absolute atomic E-state index is 13.0. The first-order valence-corrected chi connectivity index (χ1v) is 10.7. The van der Waals surface area contributed by atoms with Crippen LogP contribution in [-0.4, -0.2) is 20.4 Å². The van der Waals surface area contributed by atoms with E-state index >= 15 is 0 Å². The Balaban J connectivity index is 1.28. The van der Waals surface area contributed by atoms with E-state index < -0.39 is 0 Å². The third-order valence-electron chi connectivity index (χ3n) is 5.37. The molecule has 1 amide bonds. The molecule has 6 heteroatoms. The lowest BCUT2D eigenvalue weighted by molar-refractivity contribution is 0.0951. The van der Waals surface area contributed by atoms with E-state index in [0.29, 0.717) is 29.3 Å². The second-order valence-electron chi connectivity index (χ2n) is 7.68. The van der Waals surface area contributed by atoms with Gasteiger partial charge in [0.25, 0.3) is 5.91 Å². The monoisotopic (exact) mass is 434 g/mol. The molecule has 0 aliphatic heterocycles. The lowest BCUT2D eigenvalue weighted by atomic mass is 10.1. The summed E-state index contributed by atoms with van der Waals surface area (Å²) in [7, 11) is 0. The van der Waals surface area contributed by atoms with Crippen molar-refractivity contribution in [2.45, 2.75) is 13.1 Å². The van der Waals surface area contributed by atoms with E-state index in [1.807, 2.05) is 71.4 Å². The number of rotatable bonds is 7. The number of benzene rings is 3. The molecule has 5 aromatic rings. The largest absolute Gasteiger partial charge is 0.436 e. The van der Waals surface area contributed by atoms with Gasteiger partial charge in [-0.05, 0) is 23.3 Å². The molecular formula is C27H22N4O2. The zero-order valence-corrected chi connectivity index (χ0v) is 17.9. The highest BCUT2D eigenvalue weighted by Gasteiger charge is 2.16. The van der Waals surface area contributed by atoms with E-state index in [1.165, 1.54) is 5.56 Å². The Morgan fingerprint density at radius 3 is 2.45 bits per heavy atom. The van der Waals surface area contributed by atoms with Crippen molar-refractivity contribution in [3.63, 3.8) is 0 Å². The number of hydrogen-bond acceptors (Lipinski definition) is 4. The minimum absolute atomic E-state index is 0.174. The van der Waals surface area contributed by atoms with Crippen molar-refractivity contribution >= 4 is 5.91 Å². The van der Waals surface area contributed by atoms with Crippen LogP contribution in [0.1, 0.15) is 21.5 Å². The molecule has 0 fully saturated rings. The molecule has 0 atom stereocenters. The Morgan fingerprint density at radius 2 is 1.67 bits per heavy atom. The molecule has 6 nitrogen and oxygen atoms in total. The fourth-order valence-electron chi connectivity index (χ4n) is 3.63. The van der Waals surface area contributed by atoms with Gasteiger partial charge in [0.15, 0.2) is 5.76 Å². The van der Waals surface area contributed by atoms with Gasteiger partial charge in [0.05, 0.1) is 18.1 Å². The van der Waals surface area contributed by atoms with E-state index in [4.69, 9.17) is 4.42 Å². The quantitative estimate of drug-likeness (QED) is 0.383. The number of carbonyl (C=O) groups is 1. The molecule has 3 aromatic carbocycles. The lowest BCUT2D eigenvalue weighted by Crippen LogP contribution is -2.23. The molecule has 0 saturated carbocycles. The summed E-state index contributed by atoms with van der Waals surface area (Å²) in [5.74, 6) is 0.910. The SMILES string of the molecule is O=C(NCc1ccc(Cn2ccnc2)cc1)c1ccccc1-c1ncc(-c2ccccc2)o1. The smallest absolute Gasteiger partial charge is 0.252 e. The second kappa shape index (κ2) is 9.36. The predicted octanol–water partition coefficient (Wildman–Crippen LogP) is 5.18. The minimum atomic E-state index is -0.174. The van der Waals surface area contributed by atoms with Crippen LogP contribution in [0.4, 0.5) is 0 Å². The van der Waals surface area contributed by atoms with E-state index in [1.54, 1.807) is 24.8 Å². The third kappa shape index (κ3) is 4.75. The van der Waals surface area contributed by atoms with E-state index in [2.05, 4.69) is 27.4 Å². The van der Waals surface area contributed by atoms with Crippen molar-refractivity contribution in [3.8, 4) is 22.8 Å². The normalized spacial score (nSPS) is 10.8. The lowest BCUT2D eigenvalue weighted by Gasteiger charge is -2.09. The van der Waals surface area contributed by atoms with Gasteiger partial charge in [-0.25, -0.2) is 9.97 Å². The van der Waals surface area contributed by atoms with Crippen molar-refractivity contribution in [1.29, 1.82) is 0 Å². The van der Waals surface area contributed by atoms with Crippen molar-refractivity contribution < 1.29 is 9.21 Å². The van der Waals surface area contributed by atoms with Gasteiger partial charge in [0, 0.05) is 36.6 Å². The van der Waals surface area contributed by atoms with Gasteiger partial charge in [-0.2, -0.15) is 0 Å². The molecule has 0 radical (unpaired) electrons. The summed E-state index contributed by atoms with van der Waals surface area (Å²) in [6.45, 7) is 1.19. The number of nitrogens with zero attached hydrogens (tertiary/aromatic N) is 3. The summed E-state index contributed by atoms with van der Waals surface area (Å²) < 4.78 is 7.98. The number of oxazole rings is 1. The van der Waals surface area contributed by atoms with E-state index in [0.717, 1.165) is 17.7 Å². The third-order valence-corrected chi connectivity index (χ3v) is 5.37. The Morgan fingerprint density at radius 1 is 0.909 bits per heavy atom. The summed E-state index contributed by atoms with van der Waals surface area (Å²) >= 11 is 0. The van der Waals surface area contributed by atoms with Crippen molar-refractivity contribution in [2.75, 3.05) is 0 Å². The van der Waals surface area contributed by atoms with Gasteiger partial charge in [0.1, 0.15) is 0 Å². The molecule has 33 heavy (non-hydrogen) atoms. The summed E-state index contributed by atoms with van der Waals surface area (Å²) in [5.41, 5.74) is 4.32. The molecule has 162 valence electrons. The maximum Gasteiger partial charge on any atom is 0.252 e. The Labute approximate surface area is 191 Å². The fourth-order valence-corrected chi connectivity index (χ4v) is 3.63. The van der Waals surface area contributed by atoms with Crippen LogP contribution in [0.25, 0.3) is 22.8 Å². The molecule has 0 aliphatic carbocycles. The average Bonchev–Trinajstić information content (AvgIpc) is 3.57. The van der Waals surface area contributed by atoms with Crippen LogP contribution in [-0.2, 0) is 13.1 Å². The van der Waals surface area contributed by atoms with E-state index in [9.17, 15) is 4.79 Å². The summed E-state index contributed by atoms with van der Waals surface area (Å²) in [6, 6.07) is 25.3. The number of carbonyl (C=O) groups excluding carboxylic acids is 1. The first-order chi connectivity index (χ1) is 16.3. The van der Waals surface area contributed by atoms with Gasteiger partial charge in [-0.1, -0.05) is 66.7 Å². The molecule has 0 aliphatic rings. The molecule has 0 spiro atoms. The van der Waals surface area contributed by atoms with Gasteiger partial charge in [0.2, 0.25) is 5.89 Å². The summed E-state index contributed by atoms with van der Waals surface area (Å²) in [4.78, 5) is 21.5. The van der Waals surface area contributed by atoms with Crippen LogP contribution in [0.5, 0.6) is 0 Å². The van der Waals surface area contributed by atoms with Crippen LogP contribution in [0.3, 0.4) is 0 Å². The van der Waals surface area contributed by atoms with Crippen molar-refractivity contribution in [2.24, 2.45) is 0 Å². The molecule has 2 aromatic heterocycles. The fraction of sp³-hybridized carbons (Fsp3) is 0.0741. The Kier molecular flexibility index (Phi) is 5.80. The molecular weight excluding hydrogens is 412 g/mol. The first kappa shape index (κ1) is 20.5. The molecule has 5 rings (SSSR count). The van der Waals surface area contributed by atoms with Crippen LogP contribution >= 0.6 is 0 Å². The number of nitrogens with one attached hydrogen (secondary N) is 1. The number of imidazole rings is 1. The highest BCUT2D eigenvalue weighted by molar-refractivity contribution is 6.00. The second-order valence-corrected chi connectivity index (χ2v) is 7.68. The van der Waals surface area contributed by atoms with Crippen LogP contribution in [0.2, 0.25) is 0 Å². The van der Waals surface area contributed by atoms with Crippen LogP contribution in [0.15, 0.2) is 108 Å². The summed E-state index contributed by atoms with van der Waals surface area (Å²) in [6.07, 6.45) is 7.18. The van der Waals surface area contributed by atoms with Crippen molar-refractivity contribution in [3.05, 3.63) is 120 Å². The highest BCUT2D eigenvalue weighted by atomic mass is 16.4. The predicted molar refractivity (Wildman–Crippen MR) is 126 cm³/mol. The number of aromatic nitrogens is 3. The topological polar surface area (TPSA) is 73.0 Å². The first-order valence-electron chi connectivity index (χ1n) is 10.7. The van der Waals surface area contributed by atoms with Crippen LogP contribution < -0.4 is 5.32 Å². The molecule has 0 unspecified atom stereocenters. The molecule has 0 bridgehead atoms. The standard InChI is InChI=1S/C27H22N4O2/c32-26(29-16-20-10-12-21(13-11-20)18-31-15-14-28-19-31)23-8-4-5-9-24(23)27-30-17-25(33-27)22-6-2-1-3-7-22/h1-15,17,19H,16,18H2,(H,29,32). The van der Waals surface area contributed by atoms with Crippen molar-refractivity contribution in [1.82, 2.24) is 19.9 Å². The van der Waals surface area contributed by atoms with E-state index in [-0.39, 0.29) is 5.91 Å².